The van der Waals surface area contributed by atoms with Gasteiger partial charge in [0.25, 0.3) is 0 Å². The summed E-state index contributed by atoms with van der Waals surface area (Å²) >= 11 is 0. The normalized spacial score (nSPS) is 12.5. The van der Waals surface area contributed by atoms with Crippen LogP contribution in [0.5, 0.6) is 0 Å². The van der Waals surface area contributed by atoms with Gasteiger partial charge in [-0.05, 0) is 49.4 Å². The zero-order chi connectivity index (χ0) is 12.3. The van der Waals surface area contributed by atoms with Gasteiger partial charge in [-0.1, -0.05) is 25.5 Å². The molecular formula is C14H20O2. The van der Waals surface area contributed by atoms with Crippen LogP contribution in [0.1, 0.15) is 47.9 Å². The lowest BCUT2D eigenvalue weighted by molar-refractivity contribution is -0.139. The van der Waals surface area contributed by atoms with Gasteiger partial charge in [-0.25, -0.2) is 0 Å². The summed E-state index contributed by atoms with van der Waals surface area (Å²) in [6, 6.07) is 4.11. The number of hydrogen-bond donors (Lipinski definition) is 1. The highest BCUT2D eigenvalue weighted by atomic mass is 16.4. The standard InChI is InChI=1S/C14H20O2/c1-5-6-12(14(15)16)13-8-10(3)9(2)7-11(13)4/h7-8,12H,5-6H2,1-4H3,(H,15,16). The van der Waals surface area contributed by atoms with Crippen LogP contribution < -0.4 is 0 Å². The van der Waals surface area contributed by atoms with Gasteiger partial charge in [0, 0.05) is 0 Å². The van der Waals surface area contributed by atoms with E-state index in [-0.39, 0.29) is 5.92 Å². The summed E-state index contributed by atoms with van der Waals surface area (Å²) in [4.78, 5) is 11.2. The Bertz CT molecular complexity index is 394. The fraction of sp³-hybridized carbons (Fsp3) is 0.500. The Balaban J connectivity index is 3.18. The van der Waals surface area contributed by atoms with E-state index in [1.807, 2.05) is 26.8 Å². The number of hydrogen-bond acceptors (Lipinski definition) is 1. The van der Waals surface area contributed by atoms with Crippen LogP contribution in [0.25, 0.3) is 0 Å². The predicted molar refractivity (Wildman–Crippen MR) is 65.9 cm³/mol. The minimum atomic E-state index is -0.715. The number of carbonyl (C=O) groups is 1. The largest absolute Gasteiger partial charge is 0.481 e. The Morgan fingerprint density at radius 3 is 2.25 bits per heavy atom. The maximum Gasteiger partial charge on any atom is 0.310 e. The van der Waals surface area contributed by atoms with Gasteiger partial charge in [0.05, 0.1) is 5.92 Å². The van der Waals surface area contributed by atoms with Gasteiger partial charge in [-0.15, -0.1) is 0 Å². The van der Waals surface area contributed by atoms with E-state index >= 15 is 0 Å². The number of benzene rings is 1. The lowest BCUT2D eigenvalue weighted by Gasteiger charge is -2.16. The van der Waals surface area contributed by atoms with E-state index in [1.165, 1.54) is 11.1 Å². The first kappa shape index (κ1) is 12.8. The summed E-state index contributed by atoms with van der Waals surface area (Å²) in [5, 5.41) is 9.24. The first-order valence-electron chi connectivity index (χ1n) is 5.78. The van der Waals surface area contributed by atoms with E-state index in [4.69, 9.17) is 0 Å². The molecule has 16 heavy (non-hydrogen) atoms. The van der Waals surface area contributed by atoms with Crippen molar-refractivity contribution in [3.05, 3.63) is 34.4 Å². The van der Waals surface area contributed by atoms with Gasteiger partial charge >= 0.3 is 5.97 Å². The number of rotatable bonds is 4. The number of carboxylic acids is 1. The molecule has 0 heterocycles. The Hall–Kier alpha value is -1.31. The van der Waals surface area contributed by atoms with Crippen LogP contribution in [0.4, 0.5) is 0 Å². The molecule has 0 radical (unpaired) electrons. The molecule has 0 aliphatic carbocycles. The highest BCUT2D eigenvalue weighted by Crippen LogP contribution is 2.27. The Morgan fingerprint density at radius 1 is 1.19 bits per heavy atom. The van der Waals surface area contributed by atoms with E-state index in [1.54, 1.807) is 0 Å². The monoisotopic (exact) mass is 220 g/mol. The summed E-state index contributed by atoms with van der Waals surface area (Å²) in [7, 11) is 0. The third-order valence-electron chi connectivity index (χ3n) is 3.13. The fourth-order valence-electron chi connectivity index (χ4n) is 2.06. The Labute approximate surface area is 97.3 Å². The smallest absolute Gasteiger partial charge is 0.310 e. The first-order chi connectivity index (χ1) is 7.47. The molecule has 2 nitrogen and oxygen atoms in total. The molecule has 0 saturated carbocycles. The summed E-state index contributed by atoms with van der Waals surface area (Å²) in [6.07, 6.45) is 1.60. The van der Waals surface area contributed by atoms with Crippen molar-refractivity contribution in [2.24, 2.45) is 0 Å². The minimum Gasteiger partial charge on any atom is -0.481 e. The van der Waals surface area contributed by atoms with Crippen molar-refractivity contribution in [1.29, 1.82) is 0 Å². The second kappa shape index (κ2) is 5.15. The molecule has 1 aromatic carbocycles. The molecule has 0 aliphatic heterocycles. The van der Waals surface area contributed by atoms with Crippen molar-refractivity contribution < 1.29 is 9.90 Å². The van der Waals surface area contributed by atoms with E-state index < -0.39 is 5.97 Å². The van der Waals surface area contributed by atoms with Gasteiger partial charge in [0.15, 0.2) is 0 Å². The van der Waals surface area contributed by atoms with Crippen LogP contribution >= 0.6 is 0 Å². The lowest BCUT2D eigenvalue weighted by atomic mass is 9.88. The van der Waals surface area contributed by atoms with Crippen LogP contribution in [0.3, 0.4) is 0 Å². The number of carboxylic acid groups (broad SMARTS) is 1. The van der Waals surface area contributed by atoms with Crippen molar-refractivity contribution in [2.75, 3.05) is 0 Å². The molecule has 0 aromatic heterocycles. The van der Waals surface area contributed by atoms with Gasteiger partial charge in [-0.2, -0.15) is 0 Å². The van der Waals surface area contributed by atoms with Gasteiger partial charge in [-0.3, -0.25) is 4.79 Å². The summed E-state index contributed by atoms with van der Waals surface area (Å²) in [6.45, 7) is 8.10. The van der Waals surface area contributed by atoms with E-state index in [9.17, 15) is 9.90 Å². The van der Waals surface area contributed by atoms with E-state index in [2.05, 4.69) is 13.0 Å². The van der Waals surface area contributed by atoms with Gasteiger partial charge in [0.2, 0.25) is 0 Å². The summed E-state index contributed by atoms with van der Waals surface area (Å²) < 4.78 is 0. The summed E-state index contributed by atoms with van der Waals surface area (Å²) in [5.41, 5.74) is 4.45. The molecule has 1 unspecified atom stereocenters. The molecule has 0 saturated heterocycles. The third kappa shape index (κ3) is 2.63. The predicted octanol–water partition coefficient (Wildman–Crippen LogP) is 3.58. The van der Waals surface area contributed by atoms with Crippen molar-refractivity contribution in [3.63, 3.8) is 0 Å². The average Bonchev–Trinajstić information content (AvgIpc) is 2.20. The maximum absolute atomic E-state index is 11.2. The highest BCUT2D eigenvalue weighted by molar-refractivity contribution is 5.76. The molecule has 88 valence electrons. The van der Waals surface area contributed by atoms with Crippen LogP contribution in [0.15, 0.2) is 12.1 Å². The molecule has 1 atom stereocenters. The lowest BCUT2D eigenvalue weighted by Crippen LogP contribution is -2.13. The van der Waals surface area contributed by atoms with Crippen LogP contribution in [-0.4, -0.2) is 11.1 Å². The molecule has 1 aromatic rings. The average molecular weight is 220 g/mol. The van der Waals surface area contributed by atoms with Crippen LogP contribution in [-0.2, 0) is 4.79 Å². The zero-order valence-corrected chi connectivity index (χ0v) is 10.5. The van der Waals surface area contributed by atoms with Crippen molar-refractivity contribution in [2.45, 2.75) is 46.5 Å². The first-order valence-corrected chi connectivity index (χ1v) is 5.78. The molecule has 1 rings (SSSR count). The Morgan fingerprint density at radius 2 is 1.75 bits per heavy atom. The molecule has 0 bridgehead atoms. The number of aliphatic carboxylic acids is 1. The molecule has 1 N–H and O–H groups in total. The quantitative estimate of drug-likeness (QED) is 0.842. The van der Waals surface area contributed by atoms with Gasteiger partial charge in [0.1, 0.15) is 0 Å². The fourth-order valence-corrected chi connectivity index (χ4v) is 2.06. The molecule has 0 spiro atoms. The number of aryl methyl sites for hydroxylation is 3. The molecule has 2 heteroatoms. The van der Waals surface area contributed by atoms with Crippen molar-refractivity contribution >= 4 is 5.97 Å². The molecule has 0 fully saturated rings. The minimum absolute atomic E-state index is 0.357. The van der Waals surface area contributed by atoms with Crippen molar-refractivity contribution in [1.82, 2.24) is 0 Å². The topological polar surface area (TPSA) is 37.3 Å². The molecular weight excluding hydrogens is 200 g/mol. The zero-order valence-electron chi connectivity index (χ0n) is 10.5. The SMILES string of the molecule is CCCC(C(=O)O)c1cc(C)c(C)cc1C. The third-order valence-corrected chi connectivity index (χ3v) is 3.13. The van der Waals surface area contributed by atoms with Crippen LogP contribution in [0.2, 0.25) is 0 Å². The van der Waals surface area contributed by atoms with Crippen LogP contribution in [0, 0.1) is 20.8 Å². The second-order valence-electron chi connectivity index (χ2n) is 4.47. The molecule has 0 amide bonds. The summed E-state index contributed by atoms with van der Waals surface area (Å²) in [5.74, 6) is -1.07. The second-order valence-corrected chi connectivity index (χ2v) is 4.47. The van der Waals surface area contributed by atoms with E-state index in [0.717, 1.165) is 17.5 Å². The molecule has 0 aliphatic rings. The van der Waals surface area contributed by atoms with Crippen molar-refractivity contribution in [3.8, 4) is 0 Å². The highest BCUT2D eigenvalue weighted by Gasteiger charge is 2.20. The van der Waals surface area contributed by atoms with E-state index in [0.29, 0.717) is 6.42 Å². The Kier molecular flexibility index (Phi) is 4.11. The van der Waals surface area contributed by atoms with Gasteiger partial charge < -0.3 is 5.11 Å². The maximum atomic E-state index is 11.2.